The molecule has 0 heterocycles. The van der Waals surface area contributed by atoms with E-state index in [-0.39, 0.29) is 5.91 Å². The molecular weight excluding hydrogens is 228 g/mol. The van der Waals surface area contributed by atoms with Gasteiger partial charge in [-0.2, -0.15) is 0 Å². The van der Waals surface area contributed by atoms with Crippen LogP contribution in [0.2, 0.25) is 0 Å². The summed E-state index contributed by atoms with van der Waals surface area (Å²) in [5, 5.41) is 3.21. The highest BCUT2D eigenvalue weighted by molar-refractivity contribution is 5.84. The lowest BCUT2D eigenvalue weighted by molar-refractivity contribution is -0.124. The quantitative estimate of drug-likeness (QED) is 0.808. The first kappa shape index (κ1) is 14.5. The monoisotopic (exact) mass is 250 g/mol. The van der Waals surface area contributed by atoms with Crippen LogP contribution in [0.4, 0.5) is 0 Å². The predicted molar refractivity (Wildman–Crippen MR) is 72.5 cm³/mol. The number of carbonyl (C=O) groups excluding carboxylic acids is 1. The zero-order valence-corrected chi connectivity index (χ0v) is 11.5. The predicted octanol–water partition coefficient (Wildman–Crippen LogP) is 1.75. The van der Waals surface area contributed by atoms with Crippen molar-refractivity contribution in [3.8, 4) is 5.75 Å². The van der Waals surface area contributed by atoms with E-state index in [2.05, 4.69) is 5.32 Å². The van der Waals surface area contributed by atoms with Crippen molar-refractivity contribution in [1.82, 2.24) is 5.32 Å². The minimum absolute atomic E-state index is 0.324. The van der Waals surface area contributed by atoms with Crippen molar-refractivity contribution in [2.24, 2.45) is 5.73 Å². The van der Waals surface area contributed by atoms with Gasteiger partial charge in [0.2, 0.25) is 5.91 Å². The Morgan fingerprint density at radius 2 is 2.17 bits per heavy atom. The number of aryl methyl sites for hydroxylation is 1. The minimum atomic E-state index is -0.659. The third-order valence-corrected chi connectivity index (χ3v) is 3.39. The number of rotatable bonds is 6. The second-order valence-corrected chi connectivity index (χ2v) is 4.71. The summed E-state index contributed by atoms with van der Waals surface area (Å²) in [6.45, 7) is 6.37. The molecule has 1 aromatic rings. The number of nitrogens with two attached hydrogens (primary N) is 1. The fourth-order valence-electron chi connectivity index (χ4n) is 1.73. The molecule has 0 aliphatic carbocycles. The van der Waals surface area contributed by atoms with E-state index in [1.165, 1.54) is 0 Å². The second kappa shape index (κ2) is 5.87. The van der Waals surface area contributed by atoms with Gasteiger partial charge in [-0.25, -0.2) is 0 Å². The van der Waals surface area contributed by atoms with Gasteiger partial charge in [-0.15, -0.1) is 0 Å². The van der Waals surface area contributed by atoms with Crippen molar-refractivity contribution in [2.75, 3.05) is 7.11 Å². The van der Waals surface area contributed by atoms with Crippen LogP contribution in [0.25, 0.3) is 0 Å². The first-order valence-corrected chi connectivity index (χ1v) is 6.11. The van der Waals surface area contributed by atoms with Crippen LogP contribution < -0.4 is 15.8 Å². The van der Waals surface area contributed by atoms with E-state index < -0.39 is 5.54 Å². The Hall–Kier alpha value is -1.55. The first-order valence-electron chi connectivity index (χ1n) is 6.11. The summed E-state index contributed by atoms with van der Waals surface area (Å²) in [7, 11) is 1.65. The standard InChI is InChI=1S/C14H22N2O2/c1-5-14(3,13(15)17)16-9-11-6-7-12(18-4)10(2)8-11/h6-8,16H,5,9H2,1-4H3,(H2,15,17). The van der Waals surface area contributed by atoms with Crippen molar-refractivity contribution < 1.29 is 9.53 Å². The van der Waals surface area contributed by atoms with Crippen LogP contribution in [-0.4, -0.2) is 18.6 Å². The second-order valence-electron chi connectivity index (χ2n) is 4.71. The molecular formula is C14H22N2O2. The molecule has 4 nitrogen and oxygen atoms in total. The highest BCUT2D eigenvalue weighted by Gasteiger charge is 2.27. The lowest BCUT2D eigenvalue weighted by Gasteiger charge is -2.26. The highest BCUT2D eigenvalue weighted by Crippen LogP contribution is 2.19. The molecule has 0 bridgehead atoms. The zero-order valence-electron chi connectivity index (χ0n) is 11.5. The van der Waals surface area contributed by atoms with Crippen LogP contribution in [0.5, 0.6) is 5.75 Å². The van der Waals surface area contributed by atoms with Gasteiger partial charge in [0.25, 0.3) is 0 Å². The zero-order chi connectivity index (χ0) is 13.8. The summed E-state index contributed by atoms with van der Waals surface area (Å²) in [5.41, 5.74) is 6.92. The van der Waals surface area contributed by atoms with Crippen molar-refractivity contribution in [3.05, 3.63) is 29.3 Å². The molecule has 0 fully saturated rings. The van der Waals surface area contributed by atoms with Gasteiger partial charge in [0, 0.05) is 6.54 Å². The summed E-state index contributed by atoms with van der Waals surface area (Å²) in [6.07, 6.45) is 0.664. The molecule has 0 aliphatic rings. The average molecular weight is 250 g/mol. The van der Waals surface area contributed by atoms with Gasteiger partial charge >= 0.3 is 0 Å². The van der Waals surface area contributed by atoms with Crippen LogP contribution >= 0.6 is 0 Å². The number of hydrogen-bond acceptors (Lipinski definition) is 3. The molecule has 0 aliphatic heterocycles. The summed E-state index contributed by atoms with van der Waals surface area (Å²) >= 11 is 0. The van der Waals surface area contributed by atoms with E-state index >= 15 is 0 Å². The van der Waals surface area contributed by atoms with Crippen molar-refractivity contribution in [2.45, 2.75) is 39.3 Å². The summed E-state index contributed by atoms with van der Waals surface area (Å²) in [6, 6.07) is 5.96. The van der Waals surface area contributed by atoms with Crippen LogP contribution in [0, 0.1) is 6.92 Å². The fraction of sp³-hybridized carbons (Fsp3) is 0.500. The first-order chi connectivity index (χ1) is 8.42. The molecule has 18 heavy (non-hydrogen) atoms. The van der Waals surface area contributed by atoms with Crippen LogP contribution in [0.3, 0.4) is 0 Å². The Morgan fingerprint density at radius 3 is 2.61 bits per heavy atom. The van der Waals surface area contributed by atoms with Crippen molar-refractivity contribution >= 4 is 5.91 Å². The molecule has 4 heteroatoms. The number of ether oxygens (including phenoxy) is 1. The van der Waals surface area contributed by atoms with Gasteiger partial charge in [-0.3, -0.25) is 10.1 Å². The van der Waals surface area contributed by atoms with Crippen molar-refractivity contribution in [3.63, 3.8) is 0 Å². The molecule has 1 atom stereocenters. The van der Waals surface area contributed by atoms with Gasteiger partial charge < -0.3 is 10.5 Å². The third-order valence-electron chi connectivity index (χ3n) is 3.39. The number of carbonyl (C=O) groups is 1. The molecule has 0 radical (unpaired) electrons. The topological polar surface area (TPSA) is 64.3 Å². The van der Waals surface area contributed by atoms with Crippen molar-refractivity contribution in [1.29, 1.82) is 0 Å². The van der Waals surface area contributed by atoms with E-state index in [0.717, 1.165) is 16.9 Å². The number of amides is 1. The van der Waals surface area contributed by atoms with Crippen LogP contribution in [0.15, 0.2) is 18.2 Å². The normalized spacial score (nSPS) is 14.0. The van der Waals surface area contributed by atoms with Gasteiger partial charge in [0.15, 0.2) is 0 Å². The molecule has 0 saturated heterocycles. The Labute approximate surface area is 109 Å². The van der Waals surface area contributed by atoms with Gasteiger partial charge in [0.05, 0.1) is 12.6 Å². The molecule has 1 unspecified atom stereocenters. The Morgan fingerprint density at radius 1 is 1.50 bits per heavy atom. The van der Waals surface area contributed by atoms with E-state index in [1.807, 2.05) is 39.0 Å². The SMILES string of the molecule is CCC(C)(NCc1ccc(OC)c(C)c1)C(N)=O. The lowest BCUT2D eigenvalue weighted by Crippen LogP contribution is -2.52. The number of hydrogen-bond donors (Lipinski definition) is 2. The number of methoxy groups -OCH3 is 1. The highest BCUT2D eigenvalue weighted by atomic mass is 16.5. The fourth-order valence-corrected chi connectivity index (χ4v) is 1.73. The Balaban J connectivity index is 2.74. The number of nitrogens with one attached hydrogen (secondary N) is 1. The van der Waals surface area contributed by atoms with Crippen LogP contribution in [0.1, 0.15) is 31.4 Å². The Kier molecular flexibility index (Phi) is 4.73. The third kappa shape index (κ3) is 3.23. The summed E-state index contributed by atoms with van der Waals surface area (Å²) < 4.78 is 5.21. The molecule has 0 saturated carbocycles. The van der Waals surface area contributed by atoms with Gasteiger partial charge in [-0.1, -0.05) is 19.1 Å². The average Bonchev–Trinajstić information content (AvgIpc) is 2.35. The molecule has 1 aromatic carbocycles. The molecule has 100 valence electrons. The maximum absolute atomic E-state index is 11.4. The lowest BCUT2D eigenvalue weighted by atomic mass is 9.97. The molecule has 3 N–H and O–H groups in total. The number of benzene rings is 1. The summed E-state index contributed by atoms with van der Waals surface area (Å²) in [4.78, 5) is 11.4. The largest absolute Gasteiger partial charge is 0.496 e. The van der Waals surface area contributed by atoms with E-state index in [9.17, 15) is 4.79 Å². The maximum atomic E-state index is 11.4. The molecule has 0 aromatic heterocycles. The Bertz CT molecular complexity index is 432. The maximum Gasteiger partial charge on any atom is 0.237 e. The van der Waals surface area contributed by atoms with E-state index in [4.69, 9.17) is 10.5 Å². The number of primary amides is 1. The van der Waals surface area contributed by atoms with Gasteiger partial charge in [-0.05, 0) is 37.5 Å². The molecule has 1 amide bonds. The summed E-state index contributed by atoms with van der Waals surface area (Å²) in [5.74, 6) is 0.544. The minimum Gasteiger partial charge on any atom is -0.496 e. The van der Waals surface area contributed by atoms with E-state index in [0.29, 0.717) is 13.0 Å². The van der Waals surface area contributed by atoms with Gasteiger partial charge in [0.1, 0.15) is 5.75 Å². The van der Waals surface area contributed by atoms with Crippen LogP contribution in [-0.2, 0) is 11.3 Å². The smallest absolute Gasteiger partial charge is 0.237 e. The van der Waals surface area contributed by atoms with E-state index in [1.54, 1.807) is 7.11 Å². The molecule has 0 spiro atoms. The molecule has 1 rings (SSSR count).